The summed E-state index contributed by atoms with van der Waals surface area (Å²) in [6.07, 6.45) is -2.96. The number of piperidine rings is 1. The molecule has 19 atom stereocenters. The van der Waals surface area contributed by atoms with Gasteiger partial charge in [0, 0.05) is 45.1 Å². The number of rotatable bonds is 12. The maximum atomic E-state index is 14.0. The van der Waals surface area contributed by atoms with Crippen molar-refractivity contribution >= 4 is 11.8 Å². The van der Waals surface area contributed by atoms with Crippen LogP contribution >= 0.6 is 0 Å². The summed E-state index contributed by atoms with van der Waals surface area (Å²) in [6, 6.07) is -0.684. The largest absolute Gasteiger partial charge is 0.462 e. The fraction of sp³-hybridized carbons (Fsp3) is 0.870. The molecule has 4 aliphatic rings. The summed E-state index contributed by atoms with van der Waals surface area (Å²) in [4.78, 5) is 32.1. The highest BCUT2D eigenvalue weighted by Gasteiger charge is 2.48. The molecule has 4 N–H and O–H groups in total. The number of esters is 1. The molecule has 0 aromatic carbocycles. The average Bonchev–Trinajstić information content (AvgIpc) is 3.19. The lowest BCUT2D eigenvalue weighted by Crippen LogP contribution is -2.63. The number of hydrogen-bond donors (Lipinski definition) is 4. The minimum Gasteiger partial charge on any atom is -0.462 e. The lowest BCUT2D eigenvalue weighted by Gasteiger charge is -2.47. The van der Waals surface area contributed by atoms with Gasteiger partial charge in [0.1, 0.15) is 30.5 Å². The standard InChI is InChI=1S/C46H80N2O13/c1-13-36-33(24-57-46-44(56-12)43(55-11)40(53)31(8)59-46)19-25(2)14-15-34(49)28(5)20-32(16-17-48-22-26(3)18-27(4)23-48)42(29(6)35(50)21-37(51)60-36)61-45-41(54)38(47(9)10)39(52)30(7)58-45/h14-15,19,26-33,35-36,38-46,50,52-54H,13,16-18,20-24H2,1-12H3/b15-14+,25-19+/t26-,27+,28-,29+,30-,31-,32+,33-,35-,36-,38+,39-,40-,41-,42-,43-,44-,45+,46+/m1/s1. The maximum absolute atomic E-state index is 14.0. The van der Waals surface area contributed by atoms with Crippen LogP contribution in [-0.2, 0) is 42.7 Å². The van der Waals surface area contributed by atoms with Crippen LogP contribution in [0.2, 0.25) is 0 Å². The Kier molecular flexibility index (Phi) is 20.3. The summed E-state index contributed by atoms with van der Waals surface area (Å²) < 4.78 is 42.6. The Balaban J connectivity index is 1.68. The molecule has 0 radical (unpaired) electrons. The van der Waals surface area contributed by atoms with E-state index in [1.165, 1.54) is 20.6 Å². The second kappa shape index (κ2) is 23.9. The number of ether oxygens (including phenoxy) is 7. The SMILES string of the molecule is CC[C@H]1OC(=O)C[C@@H](O)[C@H](C)[C@@H](O[C@@H]2O[C@H](C)[C@@H](O)[C@H](N(C)C)[C@H]2O)[C@@H](CCN2C[C@H](C)C[C@H](C)C2)C[C@@H](C)C(=O)/C=C/C(C)=C/[C@@H]1CO[C@H]1O[C@H](C)[C@@H](O)[C@@H](OC)[C@H]1OC. The van der Waals surface area contributed by atoms with E-state index in [-0.39, 0.29) is 24.7 Å². The van der Waals surface area contributed by atoms with Crippen molar-refractivity contribution in [3.05, 3.63) is 23.8 Å². The highest BCUT2D eigenvalue weighted by atomic mass is 16.7. The minimum atomic E-state index is -1.23. The first-order valence-electron chi connectivity index (χ1n) is 22.6. The molecular weight excluding hydrogens is 789 g/mol. The number of allylic oxidation sites excluding steroid dienone is 3. The van der Waals surface area contributed by atoms with E-state index in [1.54, 1.807) is 45.0 Å². The highest BCUT2D eigenvalue weighted by Crippen LogP contribution is 2.36. The van der Waals surface area contributed by atoms with E-state index in [2.05, 4.69) is 18.7 Å². The molecule has 352 valence electrons. The van der Waals surface area contributed by atoms with Gasteiger partial charge in [0.05, 0.1) is 49.6 Å². The van der Waals surface area contributed by atoms with E-state index in [9.17, 15) is 30.0 Å². The van der Waals surface area contributed by atoms with E-state index in [0.29, 0.717) is 31.1 Å². The third kappa shape index (κ3) is 13.8. The molecule has 15 heteroatoms. The van der Waals surface area contributed by atoms with Gasteiger partial charge < -0.3 is 63.4 Å². The Bertz CT molecular complexity index is 1420. The summed E-state index contributed by atoms with van der Waals surface area (Å²) in [5.74, 6) is -1.46. The normalized spacial score (nSPS) is 44.3. The molecule has 0 spiro atoms. The smallest absolute Gasteiger partial charge is 0.308 e. The number of aliphatic hydroxyl groups is 4. The van der Waals surface area contributed by atoms with Gasteiger partial charge in [0.25, 0.3) is 0 Å². The number of carbonyl (C=O) groups excluding carboxylic acids is 2. The number of likely N-dealkylation sites (N-methyl/N-ethyl adjacent to an activating group) is 1. The van der Waals surface area contributed by atoms with Crippen LogP contribution in [-0.4, -0.2) is 176 Å². The van der Waals surface area contributed by atoms with Gasteiger partial charge in [-0.1, -0.05) is 52.3 Å². The molecule has 4 rings (SSSR count). The number of ketones is 1. The topological polar surface area (TPSA) is 186 Å². The van der Waals surface area contributed by atoms with Crippen molar-refractivity contribution in [2.24, 2.45) is 35.5 Å². The Labute approximate surface area is 365 Å². The number of nitrogens with zero attached hydrogens (tertiary/aromatic N) is 2. The number of cyclic esters (lactones) is 1. The highest BCUT2D eigenvalue weighted by molar-refractivity contribution is 5.91. The van der Waals surface area contributed by atoms with Crippen molar-refractivity contribution in [2.75, 3.05) is 54.6 Å². The molecule has 61 heavy (non-hydrogen) atoms. The summed E-state index contributed by atoms with van der Waals surface area (Å²) in [5, 5.41) is 45.3. The Hall–Kier alpha value is -1.86. The predicted molar refractivity (Wildman–Crippen MR) is 229 cm³/mol. The first-order chi connectivity index (χ1) is 28.8. The summed E-state index contributed by atoms with van der Waals surface area (Å²) >= 11 is 0. The lowest BCUT2D eigenvalue weighted by molar-refractivity contribution is -0.304. The minimum absolute atomic E-state index is 0.0427. The van der Waals surface area contributed by atoms with Crippen molar-refractivity contribution in [3.8, 4) is 0 Å². The van der Waals surface area contributed by atoms with Crippen LogP contribution in [0.5, 0.6) is 0 Å². The van der Waals surface area contributed by atoms with Gasteiger partial charge in [-0.2, -0.15) is 0 Å². The van der Waals surface area contributed by atoms with Crippen molar-refractivity contribution in [2.45, 2.75) is 167 Å². The molecular formula is C46H80N2O13. The Morgan fingerprint density at radius 3 is 2.05 bits per heavy atom. The monoisotopic (exact) mass is 869 g/mol. The fourth-order valence-corrected chi connectivity index (χ4v) is 10.0. The number of aliphatic hydroxyl groups excluding tert-OH is 4. The van der Waals surface area contributed by atoms with Gasteiger partial charge in [0.15, 0.2) is 18.4 Å². The van der Waals surface area contributed by atoms with Gasteiger partial charge in [-0.25, -0.2) is 0 Å². The van der Waals surface area contributed by atoms with Crippen LogP contribution in [0.4, 0.5) is 0 Å². The van der Waals surface area contributed by atoms with Crippen LogP contribution < -0.4 is 0 Å². The van der Waals surface area contributed by atoms with Crippen molar-refractivity contribution < 1.29 is 63.2 Å². The summed E-state index contributed by atoms with van der Waals surface area (Å²) in [5.41, 5.74) is 0.761. The lowest BCUT2D eigenvalue weighted by atomic mass is 9.79. The molecule has 0 aromatic heterocycles. The third-order valence-corrected chi connectivity index (χ3v) is 13.5. The second-order valence-electron chi connectivity index (χ2n) is 18.9. The van der Waals surface area contributed by atoms with Crippen LogP contribution in [0.1, 0.15) is 87.5 Å². The fourth-order valence-electron chi connectivity index (χ4n) is 10.0. The van der Waals surface area contributed by atoms with Gasteiger partial charge in [-0.3, -0.25) is 9.59 Å². The zero-order chi connectivity index (χ0) is 45.3. The first-order valence-corrected chi connectivity index (χ1v) is 22.6. The molecule has 4 aliphatic heterocycles. The van der Waals surface area contributed by atoms with E-state index in [1.807, 2.05) is 33.8 Å². The van der Waals surface area contributed by atoms with Crippen LogP contribution in [0.3, 0.4) is 0 Å². The second-order valence-corrected chi connectivity index (χ2v) is 18.9. The molecule has 3 saturated heterocycles. The Morgan fingerprint density at radius 2 is 1.44 bits per heavy atom. The van der Waals surface area contributed by atoms with Gasteiger partial charge in [-0.05, 0) is 90.9 Å². The molecule has 0 amide bonds. The molecule has 0 saturated carbocycles. The maximum Gasteiger partial charge on any atom is 0.308 e. The summed E-state index contributed by atoms with van der Waals surface area (Å²) in [7, 11) is 6.54. The third-order valence-electron chi connectivity index (χ3n) is 13.5. The van der Waals surface area contributed by atoms with Crippen LogP contribution in [0.25, 0.3) is 0 Å². The van der Waals surface area contributed by atoms with Crippen LogP contribution in [0, 0.1) is 35.5 Å². The van der Waals surface area contributed by atoms with Crippen molar-refractivity contribution in [3.63, 3.8) is 0 Å². The van der Waals surface area contributed by atoms with E-state index >= 15 is 0 Å². The molecule has 0 aliphatic carbocycles. The number of methoxy groups -OCH3 is 2. The molecule has 0 bridgehead atoms. The van der Waals surface area contributed by atoms with Crippen molar-refractivity contribution in [1.29, 1.82) is 0 Å². The number of likely N-dealkylation sites (tertiary alicyclic amines) is 1. The molecule has 4 heterocycles. The van der Waals surface area contributed by atoms with E-state index in [4.69, 9.17) is 33.2 Å². The zero-order valence-corrected chi connectivity index (χ0v) is 38.9. The predicted octanol–water partition coefficient (Wildman–Crippen LogP) is 3.34. The number of hydrogen-bond acceptors (Lipinski definition) is 15. The van der Waals surface area contributed by atoms with E-state index in [0.717, 1.165) is 25.2 Å². The van der Waals surface area contributed by atoms with Crippen LogP contribution in [0.15, 0.2) is 23.8 Å². The molecule has 15 nitrogen and oxygen atoms in total. The molecule has 3 fully saturated rings. The summed E-state index contributed by atoms with van der Waals surface area (Å²) in [6.45, 7) is 18.2. The zero-order valence-electron chi connectivity index (χ0n) is 38.9. The molecule has 0 aromatic rings. The van der Waals surface area contributed by atoms with Crippen molar-refractivity contribution in [1.82, 2.24) is 9.80 Å². The van der Waals surface area contributed by atoms with Gasteiger partial charge in [0.2, 0.25) is 0 Å². The number of carbonyl (C=O) groups is 2. The first kappa shape index (κ1) is 51.8. The molecule has 0 unspecified atom stereocenters. The quantitative estimate of drug-likeness (QED) is 0.209. The van der Waals surface area contributed by atoms with Gasteiger partial charge in [-0.15, -0.1) is 0 Å². The van der Waals surface area contributed by atoms with Gasteiger partial charge >= 0.3 is 5.97 Å². The average molecular weight is 869 g/mol. The van der Waals surface area contributed by atoms with E-state index < -0.39 is 103 Å². The Morgan fingerprint density at radius 1 is 0.820 bits per heavy atom.